The minimum absolute atomic E-state index is 0.103. The number of esters is 3. The standard InChI is InChI=1S/C55H92O6/c1-4-7-10-13-16-19-22-24-26-27-29-30-33-36-39-42-45-48-54(57)60-51-52(50-59-53(56)47-44-41-38-35-32-21-18-15-12-9-6-3)61-55(58)49-46-43-40-37-34-31-28-25-23-20-17-14-11-8-5-2/h7,10,15-16,18-19,24-26,28-30,36,39,52H,4-6,8-9,11-14,17,20-23,27,31-35,37-38,40-51H2,1-3H3/b10-7-,18-15-,19-16-,26-24-,28-25-,30-29-,39-36-/t52-/m0/s1. The summed E-state index contributed by atoms with van der Waals surface area (Å²) in [5.41, 5.74) is 0. The van der Waals surface area contributed by atoms with Crippen molar-refractivity contribution in [1.29, 1.82) is 0 Å². The normalized spacial score (nSPS) is 12.8. The van der Waals surface area contributed by atoms with Gasteiger partial charge in [-0.2, -0.15) is 0 Å². The average molecular weight is 849 g/mol. The van der Waals surface area contributed by atoms with Gasteiger partial charge < -0.3 is 14.2 Å². The highest BCUT2D eigenvalue weighted by atomic mass is 16.6. The fraction of sp³-hybridized carbons (Fsp3) is 0.691. The molecule has 0 aliphatic heterocycles. The van der Waals surface area contributed by atoms with E-state index in [2.05, 4.69) is 106 Å². The molecule has 0 saturated carbocycles. The predicted octanol–water partition coefficient (Wildman–Crippen LogP) is 16.4. The molecule has 1 atom stereocenters. The zero-order valence-corrected chi connectivity index (χ0v) is 39.7. The summed E-state index contributed by atoms with van der Waals surface area (Å²) in [6.07, 6.45) is 62.8. The highest BCUT2D eigenvalue weighted by Crippen LogP contribution is 2.13. The quantitative estimate of drug-likeness (QED) is 0.0263. The fourth-order valence-corrected chi connectivity index (χ4v) is 6.57. The summed E-state index contributed by atoms with van der Waals surface area (Å²) in [6.45, 7) is 6.41. The summed E-state index contributed by atoms with van der Waals surface area (Å²) >= 11 is 0. The van der Waals surface area contributed by atoms with Crippen LogP contribution in [-0.2, 0) is 28.6 Å². The number of ether oxygens (including phenoxy) is 3. The lowest BCUT2D eigenvalue weighted by molar-refractivity contribution is -0.167. The van der Waals surface area contributed by atoms with Gasteiger partial charge in [0.2, 0.25) is 0 Å². The van der Waals surface area contributed by atoms with E-state index in [9.17, 15) is 14.4 Å². The highest BCUT2D eigenvalue weighted by molar-refractivity contribution is 5.71. The van der Waals surface area contributed by atoms with Crippen molar-refractivity contribution in [3.05, 3.63) is 85.1 Å². The number of hydrogen-bond acceptors (Lipinski definition) is 6. The summed E-state index contributed by atoms with van der Waals surface area (Å²) in [5.74, 6) is -0.984. The second kappa shape index (κ2) is 49.2. The number of allylic oxidation sites excluding steroid dienone is 14. The zero-order chi connectivity index (χ0) is 44.4. The van der Waals surface area contributed by atoms with Crippen LogP contribution in [0.1, 0.15) is 226 Å². The van der Waals surface area contributed by atoms with E-state index in [-0.39, 0.29) is 37.5 Å². The molecule has 0 rings (SSSR count). The van der Waals surface area contributed by atoms with Gasteiger partial charge in [0.05, 0.1) is 0 Å². The number of unbranched alkanes of at least 4 members (excludes halogenated alkanes) is 19. The molecule has 0 saturated heterocycles. The number of carbonyl (C=O) groups is 3. The first kappa shape index (κ1) is 57.6. The number of carbonyl (C=O) groups excluding carboxylic acids is 3. The van der Waals surface area contributed by atoms with E-state index in [0.29, 0.717) is 19.3 Å². The van der Waals surface area contributed by atoms with E-state index < -0.39 is 6.10 Å². The highest BCUT2D eigenvalue weighted by Gasteiger charge is 2.19. The maximum atomic E-state index is 12.8. The van der Waals surface area contributed by atoms with E-state index in [1.54, 1.807) is 0 Å². The van der Waals surface area contributed by atoms with Crippen molar-refractivity contribution in [1.82, 2.24) is 0 Å². The van der Waals surface area contributed by atoms with Gasteiger partial charge >= 0.3 is 17.9 Å². The summed E-state index contributed by atoms with van der Waals surface area (Å²) in [7, 11) is 0. The summed E-state index contributed by atoms with van der Waals surface area (Å²) < 4.78 is 16.7. The Morgan fingerprint density at radius 1 is 0.344 bits per heavy atom. The van der Waals surface area contributed by atoms with Gasteiger partial charge in [0.15, 0.2) is 6.10 Å². The van der Waals surface area contributed by atoms with Crippen molar-refractivity contribution in [3.8, 4) is 0 Å². The van der Waals surface area contributed by atoms with Crippen molar-refractivity contribution < 1.29 is 28.6 Å². The predicted molar refractivity (Wildman–Crippen MR) is 261 cm³/mol. The van der Waals surface area contributed by atoms with Crippen molar-refractivity contribution in [2.75, 3.05) is 13.2 Å². The smallest absolute Gasteiger partial charge is 0.306 e. The molecule has 348 valence electrons. The molecule has 0 amide bonds. The second-order valence-corrected chi connectivity index (χ2v) is 16.3. The van der Waals surface area contributed by atoms with Crippen LogP contribution in [-0.4, -0.2) is 37.2 Å². The van der Waals surface area contributed by atoms with Crippen molar-refractivity contribution in [3.63, 3.8) is 0 Å². The molecule has 0 aliphatic rings. The van der Waals surface area contributed by atoms with Crippen molar-refractivity contribution in [2.45, 2.75) is 232 Å². The van der Waals surface area contributed by atoms with Crippen LogP contribution < -0.4 is 0 Å². The molecule has 0 aromatic rings. The minimum Gasteiger partial charge on any atom is -0.462 e. The Balaban J connectivity index is 4.49. The molecular weight excluding hydrogens is 757 g/mol. The Bertz CT molecular complexity index is 1200. The van der Waals surface area contributed by atoms with Gasteiger partial charge in [0, 0.05) is 19.3 Å². The molecule has 0 N–H and O–H groups in total. The van der Waals surface area contributed by atoms with Crippen LogP contribution in [0.5, 0.6) is 0 Å². The summed E-state index contributed by atoms with van der Waals surface area (Å²) in [6, 6.07) is 0. The van der Waals surface area contributed by atoms with E-state index in [1.165, 1.54) is 77.0 Å². The van der Waals surface area contributed by atoms with Gasteiger partial charge in [-0.05, 0) is 103 Å². The van der Waals surface area contributed by atoms with Gasteiger partial charge in [-0.25, -0.2) is 0 Å². The maximum Gasteiger partial charge on any atom is 0.306 e. The molecule has 0 aliphatic carbocycles. The molecule has 0 aromatic carbocycles. The Kier molecular flexibility index (Phi) is 46.5. The molecule has 0 spiro atoms. The fourth-order valence-electron chi connectivity index (χ4n) is 6.57. The second-order valence-electron chi connectivity index (χ2n) is 16.3. The van der Waals surface area contributed by atoms with Crippen LogP contribution in [0.3, 0.4) is 0 Å². The lowest BCUT2D eigenvalue weighted by atomic mass is 10.1. The minimum atomic E-state index is -0.806. The zero-order valence-electron chi connectivity index (χ0n) is 39.7. The third kappa shape index (κ3) is 47.5. The van der Waals surface area contributed by atoms with E-state index >= 15 is 0 Å². The van der Waals surface area contributed by atoms with Crippen molar-refractivity contribution >= 4 is 17.9 Å². The van der Waals surface area contributed by atoms with Crippen molar-refractivity contribution in [2.24, 2.45) is 0 Å². The summed E-state index contributed by atoms with van der Waals surface area (Å²) in [4.78, 5) is 37.9. The third-order valence-electron chi connectivity index (χ3n) is 10.4. The maximum absolute atomic E-state index is 12.8. The van der Waals surface area contributed by atoms with Gasteiger partial charge in [-0.15, -0.1) is 0 Å². The number of rotatable bonds is 44. The van der Waals surface area contributed by atoms with Gasteiger partial charge in [-0.1, -0.05) is 189 Å². The molecule has 0 fully saturated rings. The summed E-state index contributed by atoms with van der Waals surface area (Å²) in [5, 5.41) is 0. The van der Waals surface area contributed by atoms with Crippen LogP contribution in [0.15, 0.2) is 85.1 Å². The Morgan fingerprint density at radius 3 is 1.13 bits per heavy atom. The first-order valence-electron chi connectivity index (χ1n) is 25.1. The molecule has 0 heterocycles. The molecule has 0 bridgehead atoms. The molecule has 61 heavy (non-hydrogen) atoms. The van der Waals surface area contributed by atoms with Crippen LogP contribution >= 0.6 is 0 Å². The van der Waals surface area contributed by atoms with Crippen LogP contribution in [0.2, 0.25) is 0 Å². The molecular formula is C55H92O6. The molecule has 6 heteroatoms. The first-order chi connectivity index (χ1) is 30.0. The van der Waals surface area contributed by atoms with Gasteiger partial charge in [-0.3, -0.25) is 14.4 Å². The largest absolute Gasteiger partial charge is 0.462 e. The monoisotopic (exact) mass is 849 g/mol. The van der Waals surface area contributed by atoms with Crippen LogP contribution in [0.4, 0.5) is 0 Å². The average Bonchev–Trinajstić information content (AvgIpc) is 3.26. The Labute approximate surface area is 375 Å². The van der Waals surface area contributed by atoms with E-state index in [1.807, 2.05) is 0 Å². The first-order valence-corrected chi connectivity index (χ1v) is 25.1. The SMILES string of the molecule is CC/C=C\C/C=C\C/C=C\C/C=C\C/C=C\CCCC(=O)OC[C@H](COC(=O)CCCCCCC/C=C\CCCC)OC(=O)CCCCCCC/C=C\CCCCCCCC. The topological polar surface area (TPSA) is 78.9 Å². The molecule has 6 nitrogen and oxygen atoms in total. The third-order valence-corrected chi connectivity index (χ3v) is 10.4. The van der Waals surface area contributed by atoms with Crippen LogP contribution in [0, 0.1) is 0 Å². The van der Waals surface area contributed by atoms with Crippen LogP contribution in [0.25, 0.3) is 0 Å². The Morgan fingerprint density at radius 2 is 0.672 bits per heavy atom. The van der Waals surface area contributed by atoms with E-state index in [4.69, 9.17) is 14.2 Å². The lowest BCUT2D eigenvalue weighted by Gasteiger charge is -2.18. The van der Waals surface area contributed by atoms with Gasteiger partial charge in [0.25, 0.3) is 0 Å². The molecule has 0 aromatic heterocycles. The Hall–Kier alpha value is -3.41. The lowest BCUT2D eigenvalue weighted by Crippen LogP contribution is -2.30. The van der Waals surface area contributed by atoms with Gasteiger partial charge in [0.1, 0.15) is 13.2 Å². The molecule has 0 unspecified atom stereocenters. The van der Waals surface area contributed by atoms with E-state index in [0.717, 1.165) is 103 Å². The molecule has 0 radical (unpaired) electrons. The number of hydrogen-bond donors (Lipinski definition) is 0.